The first-order chi connectivity index (χ1) is 9.47. The van der Waals surface area contributed by atoms with Crippen LogP contribution in [0.15, 0.2) is 18.7 Å². The van der Waals surface area contributed by atoms with E-state index < -0.39 is 0 Å². The molecule has 0 unspecified atom stereocenters. The van der Waals surface area contributed by atoms with Gasteiger partial charge in [-0.15, -0.1) is 0 Å². The van der Waals surface area contributed by atoms with Crippen molar-refractivity contribution < 1.29 is 0 Å². The Labute approximate surface area is 118 Å². The molecular formula is C12H20N8. The summed E-state index contributed by atoms with van der Waals surface area (Å²) in [6.07, 6.45) is 6.02. The van der Waals surface area contributed by atoms with Gasteiger partial charge in [-0.25, -0.2) is 10.8 Å². The van der Waals surface area contributed by atoms with Crippen molar-refractivity contribution >= 4 is 11.9 Å². The van der Waals surface area contributed by atoms with Gasteiger partial charge in [0.25, 0.3) is 0 Å². The Bertz CT molecular complexity index is 563. The Morgan fingerprint density at radius 3 is 2.65 bits per heavy atom. The highest BCUT2D eigenvalue weighted by molar-refractivity contribution is 5.41. The maximum absolute atomic E-state index is 5.44. The van der Waals surface area contributed by atoms with Gasteiger partial charge in [0.05, 0.1) is 0 Å². The molecule has 0 radical (unpaired) electrons. The molecule has 0 atom stereocenters. The Kier molecular flexibility index (Phi) is 3.84. The van der Waals surface area contributed by atoms with Crippen LogP contribution in [0.2, 0.25) is 0 Å². The molecule has 0 bridgehead atoms. The van der Waals surface area contributed by atoms with Crippen molar-refractivity contribution in [1.29, 1.82) is 0 Å². The molecule has 0 aliphatic rings. The number of anilines is 2. The van der Waals surface area contributed by atoms with Crippen molar-refractivity contribution in [2.24, 2.45) is 5.84 Å². The van der Waals surface area contributed by atoms with Crippen molar-refractivity contribution in [3.63, 3.8) is 0 Å². The van der Waals surface area contributed by atoms with Gasteiger partial charge in [0.2, 0.25) is 17.8 Å². The molecule has 108 valence electrons. The molecule has 2 heterocycles. The molecule has 0 saturated carbocycles. The van der Waals surface area contributed by atoms with Crippen molar-refractivity contribution in [3.8, 4) is 5.95 Å². The second kappa shape index (κ2) is 5.41. The molecule has 2 aromatic heterocycles. The Morgan fingerprint density at radius 1 is 1.35 bits per heavy atom. The fraction of sp³-hybridized carbons (Fsp3) is 0.500. The monoisotopic (exact) mass is 276 g/mol. The highest BCUT2D eigenvalue weighted by Crippen LogP contribution is 2.22. The number of imidazole rings is 1. The molecule has 0 aliphatic carbocycles. The molecule has 8 heteroatoms. The van der Waals surface area contributed by atoms with Gasteiger partial charge in [0.1, 0.15) is 6.33 Å². The Balaban J connectivity index is 2.46. The fourth-order valence-electron chi connectivity index (χ4n) is 1.57. The van der Waals surface area contributed by atoms with E-state index in [0.29, 0.717) is 17.8 Å². The number of nitrogen functional groups attached to an aromatic ring is 1. The molecule has 2 rings (SSSR count). The smallest absolute Gasteiger partial charge is 0.243 e. The van der Waals surface area contributed by atoms with E-state index in [4.69, 9.17) is 5.84 Å². The number of rotatable bonds is 5. The van der Waals surface area contributed by atoms with E-state index in [1.54, 1.807) is 23.3 Å². The van der Waals surface area contributed by atoms with Gasteiger partial charge in [-0.2, -0.15) is 15.0 Å². The van der Waals surface area contributed by atoms with E-state index in [9.17, 15) is 0 Å². The van der Waals surface area contributed by atoms with Crippen LogP contribution >= 0.6 is 0 Å². The molecule has 3 N–H and O–H groups in total. The lowest BCUT2D eigenvalue weighted by atomic mass is 10.0. The molecule has 2 aromatic rings. The lowest BCUT2D eigenvalue weighted by Gasteiger charge is -2.34. The van der Waals surface area contributed by atoms with E-state index >= 15 is 0 Å². The minimum absolute atomic E-state index is 0.0700. The van der Waals surface area contributed by atoms with Gasteiger partial charge in [-0.3, -0.25) is 9.99 Å². The topological polar surface area (TPSA) is 97.8 Å². The third-order valence-corrected chi connectivity index (χ3v) is 3.55. The number of hydrogen-bond donors (Lipinski definition) is 2. The van der Waals surface area contributed by atoms with E-state index in [1.807, 2.05) is 11.9 Å². The zero-order chi connectivity index (χ0) is 14.8. The van der Waals surface area contributed by atoms with Crippen LogP contribution in [0.4, 0.5) is 11.9 Å². The lowest BCUT2D eigenvalue weighted by molar-refractivity contribution is 0.462. The molecule has 0 saturated heterocycles. The van der Waals surface area contributed by atoms with Crippen molar-refractivity contribution in [2.75, 3.05) is 17.4 Å². The van der Waals surface area contributed by atoms with Crippen molar-refractivity contribution in [2.45, 2.75) is 32.7 Å². The quantitative estimate of drug-likeness (QED) is 0.620. The second-order valence-corrected chi connectivity index (χ2v) is 5.10. The molecule has 0 aliphatic heterocycles. The molecule has 8 nitrogen and oxygen atoms in total. The summed E-state index contributed by atoms with van der Waals surface area (Å²) in [7, 11) is 1.96. The maximum Gasteiger partial charge on any atom is 0.243 e. The summed E-state index contributed by atoms with van der Waals surface area (Å²) in [5.74, 6) is 6.78. The van der Waals surface area contributed by atoms with E-state index in [0.717, 1.165) is 6.42 Å². The molecule has 0 spiro atoms. The van der Waals surface area contributed by atoms with Crippen LogP contribution in [0.25, 0.3) is 5.95 Å². The summed E-state index contributed by atoms with van der Waals surface area (Å²) >= 11 is 0. The first-order valence-corrected chi connectivity index (χ1v) is 6.43. The SMILES string of the molecule is CCC(C)(C)N(C)c1nc(NN)nc(-n2ccnc2)n1. The lowest BCUT2D eigenvalue weighted by Crippen LogP contribution is -2.42. The molecule has 0 fully saturated rings. The van der Waals surface area contributed by atoms with Gasteiger partial charge in [-0.05, 0) is 20.3 Å². The van der Waals surface area contributed by atoms with Crippen LogP contribution < -0.4 is 16.2 Å². The third-order valence-electron chi connectivity index (χ3n) is 3.55. The number of nitrogens with zero attached hydrogens (tertiary/aromatic N) is 6. The van der Waals surface area contributed by atoms with E-state index in [-0.39, 0.29) is 5.54 Å². The van der Waals surface area contributed by atoms with E-state index in [2.05, 4.69) is 46.1 Å². The Hall–Kier alpha value is -2.22. The zero-order valence-corrected chi connectivity index (χ0v) is 12.2. The predicted octanol–water partition coefficient (Wildman–Crippen LogP) is 0.968. The van der Waals surface area contributed by atoms with Crippen LogP contribution in [0.3, 0.4) is 0 Å². The van der Waals surface area contributed by atoms with E-state index in [1.165, 1.54) is 0 Å². The van der Waals surface area contributed by atoms with Gasteiger partial charge < -0.3 is 4.90 Å². The third kappa shape index (κ3) is 2.69. The summed E-state index contributed by atoms with van der Waals surface area (Å²) in [6.45, 7) is 6.38. The predicted molar refractivity (Wildman–Crippen MR) is 77.5 cm³/mol. The summed E-state index contributed by atoms with van der Waals surface area (Å²) in [6, 6.07) is 0. The summed E-state index contributed by atoms with van der Waals surface area (Å²) < 4.78 is 1.71. The molecule has 0 amide bonds. The van der Waals surface area contributed by atoms with Gasteiger partial charge >= 0.3 is 0 Å². The van der Waals surface area contributed by atoms with Crippen LogP contribution in [0.5, 0.6) is 0 Å². The molecular weight excluding hydrogens is 256 g/mol. The summed E-state index contributed by atoms with van der Waals surface area (Å²) in [5.41, 5.74) is 2.40. The minimum atomic E-state index is -0.0700. The number of nitrogens with one attached hydrogen (secondary N) is 1. The number of hydrogen-bond acceptors (Lipinski definition) is 7. The first kappa shape index (κ1) is 14.2. The second-order valence-electron chi connectivity index (χ2n) is 5.10. The zero-order valence-electron chi connectivity index (χ0n) is 12.2. The minimum Gasteiger partial charge on any atom is -0.339 e. The standard InChI is InChI=1S/C12H20N8/c1-5-12(2,3)19(4)10-15-9(18-13)16-11(17-10)20-7-6-14-8-20/h6-8H,5,13H2,1-4H3,(H,15,16,17,18). The number of hydrazine groups is 1. The van der Waals surface area contributed by atoms with Gasteiger partial charge in [-0.1, -0.05) is 6.92 Å². The highest BCUT2D eigenvalue weighted by Gasteiger charge is 2.24. The molecule has 0 aromatic carbocycles. The average molecular weight is 276 g/mol. The van der Waals surface area contributed by atoms with Crippen LogP contribution in [-0.4, -0.2) is 37.1 Å². The van der Waals surface area contributed by atoms with Gasteiger partial charge in [0.15, 0.2) is 0 Å². The normalized spacial score (nSPS) is 11.4. The largest absolute Gasteiger partial charge is 0.339 e. The highest BCUT2D eigenvalue weighted by atomic mass is 15.4. The summed E-state index contributed by atoms with van der Waals surface area (Å²) in [4.78, 5) is 19.0. The fourth-order valence-corrected chi connectivity index (χ4v) is 1.57. The van der Waals surface area contributed by atoms with Crippen LogP contribution in [0, 0.1) is 0 Å². The van der Waals surface area contributed by atoms with Crippen LogP contribution in [-0.2, 0) is 0 Å². The summed E-state index contributed by atoms with van der Waals surface area (Å²) in [5, 5.41) is 0. The maximum atomic E-state index is 5.44. The van der Waals surface area contributed by atoms with Crippen molar-refractivity contribution in [3.05, 3.63) is 18.7 Å². The number of nitrogens with two attached hydrogens (primary N) is 1. The average Bonchev–Trinajstić information content (AvgIpc) is 3.00. The molecule has 20 heavy (non-hydrogen) atoms. The number of aromatic nitrogens is 5. The van der Waals surface area contributed by atoms with Gasteiger partial charge in [0, 0.05) is 25.0 Å². The van der Waals surface area contributed by atoms with Crippen LogP contribution in [0.1, 0.15) is 27.2 Å². The Morgan fingerprint density at radius 2 is 2.10 bits per heavy atom. The first-order valence-electron chi connectivity index (χ1n) is 6.43. The van der Waals surface area contributed by atoms with Crippen molar-refractivity contribution in [1.82, 2.24) is 24.5 Å².